The van der Waals surface area contributed by atoms with E-state index in [0.717, 1.165) is 52.5 Å². The Morgan fingerprint density at radius 3 is 1.71 bits per heavy atom. The van der Waals surface area contributed by atoms with Crippen LogP contribution >= 0.6 is 0 Å². The molecule has 2 fully saturated rings. The second-order valence-corrected chi connectivity index (χ2v) is 6.82. The molecule has 2 aliphatic rings. The van der Waals surface area contributed by atoms with E-state index in [9.17, 15) is 0 Å². The van der Waals surface area contributed by atoms with E-state index >= 15 is 0 Å². The van der Waals surface area contributed by atoms with Crippen molar-refractivity contribution in [3.63, 3.8) is 0 Å². The van der Waals surface area contributed by atoms with E-state index in [-0.39, 0.29) is 0 Å². The fourth-order valence-electron chi connectivity index (χ4n) is 3.62. The highest BCUT2D eigenvalue weighted by molar-refractivity contribution is 4.82. The van der Waals surface area contributed by atoms with Gasteiger partial charge in [0.25, 0.3) is 0 Å². The van der Waals surface area contributed by atoms with Crippen LogP contribution < -0.4 is 10.6 Å². The summed E-state index contributed by atoms with van der Waals surface area (Å²) in [5.74, 6) is 0. The second-order valence-electron chi connectivity index (χ2n) is 6.82. The van der Waals surface area contributed by atoms with Crippen molar-refractivity contribution < 1.29 is 4.74 Å². The Bertz CT molecular complexity index is 274. The number of nitrogens with zero attached hydrogens (tertiary/aromatic N) is 2. The van der Waals surface area contributed by atoms with Crippen molar-refractivity contribution in [2.45, 2.75) is 51.9 Å². The van der Waals surface area contributed by atoms with Gasteiger partial charge >= 0.3 is 0 Å². The minimum Gasteiger partial charge on any atom is -0.378 e. The summed E-state index contributed by atoms with van der Waals surface area (Å²) in [6.45, 7) is 17.5. The topological polar surface area (TPSA) is 39.8 Å². The fraction of sp³-hybridized carbons (Fsp3) is 1.00. The van der Waals surface area contributed by atoms with Gasteiger partial charge in [0.15, 0.2) is 0 Å². The molecule has 0 amide bonds. The number of piperazine rings is 2. The van der Waals surface area contributed by atoms with E-state index in [4.69, 9.17) is 4.74 Å². The fourth-order valence-corrected chi connectivity index (χ4v) is 3.62. The summed E-state index contributed by atoms with van der Waals surface area (Å²) in [6.07, 6.45) is 0. The molecule has 0 aliphatic carbocycles. The number of hydrogen-bond donors (Lipinski definition) is 2. The molecule has 0 aromatic rings. The summed E-state index contributed by atoms with van der Waals surface area (Å²) in [6, 6.07) is 2.25. The third-order valence-electron chi connectivity index (χ3n) is 4.96. The van der Waals surface area contributed by atoms with Crippen LogP contribution in [-0.4, -0.2) is 86.4 Å². The maximum Gasteiger partial charge on any atom is 0.0620 e. The van der Waals surface area contributed by atoms with Gasteiger partial charge in [-0.3, -0.25) is 9.80 Å². The zero-order chi connectivity index (χ0) is 15.2. The summed E-state index contributed by atoms with van der Waals surface area (Å²) in [4.78, 5) is 5.13. The SMILES string of the molecule is CC1CNCCN1C(C)COCC(C)N1CCNCC1C. The molecular formula is C16H34N4O. The Morgan fingerprint density at radius 1 is 0.905 bits per heavy atom. The predicted octanol–water partition coefficient (Wildman–Crippen LogP) is 0.367. The van der Waals surface area contributed by atoms with Crippen LogP contribution in [0.15, 0.2) is 0 Å². The van der Waals surface area contributed by atoms with Crippen LogP contribution in [0, 0.1) is 0 Å². The third-order valence-corrected chi connectivity index (χ3v) is 4.96. The molecule has 5 heteroatoms. The number of hydrogen-bond acceptors (Lipinski definition) is 5. The van der Waals surface area contributed by atoms with Crippen molar-refractivity contribution in [1.82, 2.24) is 20.4 Å². The summed E-state index contributed by atoms with van der Waals surface area (Å²) in [5, 5.41) is 6.89. The molecule has 0 saturated carbocycles. The molecule has 0 radical (unpaired) electrons. The molecule has 2 heterocycles. The number of rotatable bonds is 6. The largest absolute Gasteiger partial charge is 0.378 e. The van der Waals surface area contributed by atoms with Crippen molar-refractivity contribution in [3.8, 4) is 0 Å². The summed E-state index contributed by atoms with van der Waals surface area (Å²) >= 11 is 0. The number of ether oxygens (including phenoxy) is 1. The molecule has 0 aromatic carbocycles. The Morgan fingerprint density at radius 2 is 1.33 bits per heavy atom. The van der Waals surface area contributed by atoms with Crippen LogP contribution in [-0.2, 0) is 4.74 Å². The van der Waals surface area contributed by atoms with Crippen molar-refractivity contribution in [2.75, 3.05) is 52.5 Å². The highest BCUT2D eigenvalue weighted by Gasteiger charge is 2.25. The molecule has 2 rings (SSSR count). The molecule has 4 atom stereocenters. The molecule has 5 nitrogen and oxygen atoms in total. The maximum atomic E-state index is 6.04. The van der Waals surface area contributed by atoms with Gasteiger partial charge in [0.1, 0.15) is 0 Å². The highest BCUT2D eigenvalue weighted by atomic mass is 16.5. The van der Waals surface area contributed by atoms with E-state index in [0.29, 0.717) is 24.2 Å². The van der Waals surface area contributed by atoms with Gasteiger partial charge in [-0.25, -0.2) is 0 Å². The number of nitrogens with one attached hydrogen (secondary N) is 2. The quantitative estimate of drug-likeness (QED) is 0.741. The first-order valence-electron chi connectivity index (χ1n) is 8.60. The van der Waals surface area contributed by atoms with E-state index in [1.165, 1.54) is 0 Å². The van der Waals surface area contributed by atoms with Crippen LogP contribution in [0.1, 0.15) is 27.7 Å². The minimum absolute atomic E-state index is 0.509. The highest BCUT2D eigenvalue weighted by Crippen LogP contribution is 2.11. The zero-order valence-electron chi connectivity index (χ0n) is 14.3. The predicted molar refractivity (Wildman–Crippen MR) is 87.8 cm³/mol. The van der Waals surface area contributed by atoms with Crippen molar-refractivity contribution in [3.05, 3.63) is 0 Å². The molecular weight excluding hydrogens is 264 g/mol. The first kappa shape index (κ1) is 17.2. The second kappa shape index (κ2) is 8.44. The van der Waals surface area contributed by atoms with Gasteiger partial charge in [-0.1, -0.05) is 0 Å². The van der Waals surface area contributed by atoms with Gasteiger partial charge in [-0.15, -0.1) is 0 Å². The standard InChI is InChI=1S/C16H34N4O/c1-13-9-17-5-7-19(13)15(3)11-21-12-16(4)20-8-6-18-10-14(20)2/h13-18H,5-12H2,1-4H3. The van der Waals surface area contributed by atoms with Crippen molar-refractivity contribution in [2.24, 2.45) is 0 Å². The van der Waals surface area contributed by atoms with Gasteiger partial charge < -0.3 is 15.4 Å². The minimum atomic E-state index is 0.509. The van der Waals surface area contributed by atoms with E-state index in [1.807, 2.05) is 0 Å². The summed E-state index contributed by atoms with van der Waals surface area (Å²) in [5.41, 5.74) is 0. The molecule has 21 heavy (non-hydrogen) atoms. The van der Waals surface area contributed by atoms with Crippen LogP contribution in [0.5, 0.6) is 0 Å². The first-order chi connectivity index (χ1) is 10.1. The summed E-state index contributed by atoms with van der Waals surface area (Å²) < 4.78 is 6.04. The van der Waals surface area contributed by atoms with Crippen LogP contribution in [0.3, 0.4) is 0 Å². The van der Waals surface area contributed by atoms with Crippen molar-refractivity contribution in [1.29, 1.82) is 0 Å². The Hall–Kier alpha value is -0.200. The normalized spacial score (nSPS) is 32.0. The maximum absolute atomic E-state index is 6.04. The van der Waals surface area contributed by atoms with Gasteiger partial charge in [-0.2, -0.15) is 0 Å². The smallest absolute Gasteiger partial charge is 0.0620 e. The third kappa shape index (κ3) is 4.89. The average Bonchev–Trinajstić information content (AvgIpc) is 2.48. The molecule has 4 unspecified atom stereocenters. The lowest BCUT2D eigenvalue weighted by Crippen LogP contribution is -2.55. The molecule has 2 aliphatic heterocycles. The summed E-state index contributed by atoms with van der Waals surface area (Å²) in [7, 11) is 0. The molecule has 0 bridgehead atoms. The van der Waals surface area contributed by atoms with Gasteiger partial charge in [0, 0.05) is 63.4 Å². The van der Waals surface area contributed by atoms with Crippen LogP contribution in [0.4, 0.5) is 0 Å². The Balaban J connectivity index is 1.68. The van der Waals surface area contributed by atoms with Crippen LogP contribution in [0.25, 0.3) is 0 Å². The molecule has 0 aromatic heterocycles. The van der Waals surface area contributed by atoms with E-state index in [2.05, 4.69) is 48.1 Å². The molecule has 2 N–H and O–H groups in total. The lowest BCUT2D eigenvalue weighted by atomic mass is 10.1. The van der Waals surface area contributed by atoms with Gasteiger partial charge in [-0.05, 0) is 27.7 Å². The monoisotopic (exact) mass is 298 g/mol. The van der Waals surface area contributed by atoms with Gasteiger partial charge in [0.05, 0.1) is 13.2 Å². The Labute approximate surface area is 130 Å². The Kier molecular flexibility index (Phi) is 6.89. The van der Waals surface area contributed by atoms with Gasteiger partial charge in [0.2, 0.25) is 0 Å². The lowest BCUT2D eigenvalue weighted by molar-refractivity contribution is 0.00429. The molecule has 0 spiro atoms. The van der Waals surface area contributed by atoms with Crippen molar-refractivity contribution >= 4 is 0 Å². The average molecular weight is 298 g/mol. The van der Waals surface area contributed by atoms with E-state index < -0.39 is 0 Å². The van der Waals surface area contributed by atoms with E-state index in [1.54, 1.807) is 0 Å². The lowest BCUT2D eigenvalue weighted by Gasteiger charge is -2.40. The molecule has 124 valence electrons. The van der Waals surface area contributed by atoms with Crippen LogP contribution in [0.2, 0.25) is 0 Å². The molecule has 2 saturated heterocycles. The zero-order valence-corrected chi connectivity index (χ0v) is 14.3. The first-order valence-corrected chi connectivity index (χ1v) is 8.60.